The zero-order valence-corrected chi connectivity index (χ0v) is 9.96. The first-order valence-electron chi connectivity index (χ1n) is 5.53. The summed E-state index contributed by atoms with van der Waals surface area (Å²) in [6.07, 6.45) is 1.41. The quantitative estimate of drug-likeness (QED) is 0.494. The molecule has 0 aliphatic rings. The van der Waals surface area contributed by atoms with Gasteiger partial charge in [-0.3, -0.25) is 0 Å². The van der Waals surface area contributed by atoms with Gasteiger partial charge in [-0.25, -0.2) is 0 Å². The van der Waals surface area contributed by atoms with Gasteiger partial charge in [0.05, 0.1) is 17.8 Å². The molecule has 0 aromatic heterocycles. The molecule has 0 saturated carbocycles. The summed E-state index contributed by atoms with van der Waals surface area (Å²) in [6.45, 7) is 1.96. The lowest BCUT2D eigenvalue weighted by Crippen LogP contribution is -1.88. The summed E-state index contributed by atoms with van der Waals surface area (Å²) in [7, 11) is 0. The van der Waals surface area contributed by atoms with E-state index in [1.54, 1.807) is 12.1 Å². The molecule has 0 amide bonds. The highest BCUT2D eigenvalue weighted by molar-refractivity contribution is 5.82. The molecule has 0 bridgehead atoms. The summed E-state index contributed by atoms with van der Waals surface area (Å²) in [5, 5.41) is 20.3. The highest BCUT2D eigenvalue weighted by atomic mass is 16.4. The SMILES string of the molecule is Cc1cc(-c2ccc(C#N)cc2)ccc1/C=N/O. The predicted octanol–water partition coefficient (Wildman–Crippen LogP) is 3.34. The molecule has 1 N–H and O–H groups in total. The van der Waals surface area contributed by atoms with Crippen molar-refractivity contribution in [3.8, 4) is 17.2 Å². The molecule has 0 heterocycles. The molecule has 0 spiro atoms. The van der Waals surface area contributed by atoms with Crippen molar-refractivity contribution in [2.75, 3.05) is 0 Å². The number of oxime groups is 1. The van der Waals surface area contributed by atoms with Gasteiger partial charge in [0.25, 0.3) is 0 Å². The van der Waals surface area contributed by atoms with Crippen LogP contribution in [0.5, 0.6) is 0 Å². The topological polar surface area (TPSA) is 56.4 Å². The molecule has 0 saturated heterocycles. The molecule has 0 unspecified atom stereocenters. The van der Waals surface area contributed by atoms with Gasteiger partial charge in [0.15, 0.2) is 0 Å². The van der Waals surface area contributed by atoms with Crippen molar-refractivity contribution in [3.05, 3.63) is 59.2 Å². The van der Waals surface area contributed by atoms with E-state index in [1.165, 1.54) is 6.21 Å². The highest BCUT2D eigenvalue weighted by Gasteiger charge is 2.01. The zero-order valence-electron chi connectivity index (χ0n) is 9.96. The summed E-state index contributed by atoms with van der Waals surface area (Å²) in [5.41, 5.74) is 4.71. The summed E-state index contributed by atoms with van der Waals surface area (Å²) in [4.78, 5) is 0. The van der Waals surface area contributed by atoms with Gasteiger partial charge in [-0.05, 0) is 41.3 Å². The van der Waals surface area contributed by atoms with E-state index in [-0.39, 0.29) is 0 Å². The van der Waals surface area contributed by atoms with Gasteiger partial charge in [-0.2, -0.15) is 5.26 Å². The first kappa shape index (κ1) is 11.9. The molecule has 18 heavy (non-hydrogen) atoms. The smallest absolute Gasteiger partial charge is 0.0991 e. The minimum Gasteiger partial charge on any atom is -0.411 e. The van der Waals surface area contributed by atoms with Gasteiger partial charge < -0.3 is 5.21 Å². The second-order valence-corrected chi connectivity index (χ2v) is 4.01. The lowest BCUT2D eigenvalue weighted by atomic mass is 9.99. The van der Waals surface area contributed by atoms with Crippen molar-refractivity contribution in [2.24, 2.45) is 5.16 Å². The van der Waals surface area contributed by atoms with Gasteiger partial charge in [0, 0.05) is 0 Å². The minimum atomic E-state index is 0.652. The molecule has 88 valence electrons. The molecule has 0 aliphatic carbocycles. The van der Waals surface area contributed by atoms with Crippen molar-refractivity contribution in [2.45, 2.75) is 6.92 Å². The number of hydrogen-bond donors (Lipinski definition) is 1. The lowest BCUT2D eigenvalue weighted by molar-refractivity contribution is 0.322. The van der Waals surface area contributed by atoms with Gasteiger partial charge in [-0.15, -0.1) is 0 Å². The van der Waals surface area contributed by atoms with E-state index in [4.69, 9.17) is 10.5 Å². The Morgan fingerprint density at radius 3 is 2.33 bits per heavy atom. The van der Waals surface area contributed by atoms with E-state index in [0.717, 1.165) is 22.3 Å². The molecule has 0 fully saturated rings. The second kappa shape index (κ2) is 5.15. The largest absolute Gasteiger partial charge is 0.411 e. The molecular weight excluding hydrogens is 224 g/mol. The molecular formula is C15H12N2O. The van der Waals surface area contributed by atoms with Crippen molar-refractivity contribution in [1.29, 1.82) is 5.26 Å². The fourth-order valence-electron chi connectivity index (χ4n) is 1.80. The van der Waals surface area contributed by atoms with Crippen LogP contribution in [0.3, 0.4) is 0 Å². The molecule has 2 aromatic rings. The van der Waals surface area contributed by atoms with Crippen LogP contribution in [-0.2, 0) is 0 Å². The molecule has 3 heteroatoms. The minimum absolute atomic E-state index is 0.652. The fourth-order valence-corrected chi connectivity index (χ4v) is 1.80. The number of rotatable bonds is 2. The molecule has 2 aromatic carbocycles. The van der Waals surface area contributed by atoms with Crippen LogP contribution < -0.4 is 0 Å². The molecule has 2 rings (SSSR count). The summed E-state index contributed by atoms with van der Waals surface area (Å²) < 4.78 is 0. The zero-order chi connectivity index (χ0) is 13.0. The molecule has 0 aliphatic heterocycles. The Morgan fingerprint density at radius 1 is 1.11 bits per heavy atom. The monoisotopic (exact) mass is 236 g/mol. The van der Waals surface area contributed by atoms with Crippen molar-refractivity contribution in [3.63, 3.8) is 0 Å². The van der Waals surface area contributed by atoms with E-state index >= 15 is 0 Å². The maximum Gasteiger partial charge on any atom is 0.0991 e. The van der Waals surface area contributed by atoms with Crippen molar-refractivity contribution in [1.82, 2.24) is 0 Å². The van der Waals surface area contributed by atoms with Gasteiger partial charge in [-0.1, -0.05) is 35.5 Å². The van der Waals surface area contributed by atoms with E-state index in [2.05, 4.69) is 11.2 Å². The average Bonchev–Trinajstić information content (AvgIpc) is 2.41. The van der Waals surface area contributed by atoms with Crippen molar-refractivity contribution >= 4 is 6.21 Å². The summed E-state index contributed by atoms with van der Waals surface area (Å²) in [5.74, 6) is 0. The van der Waals surface area contributed by atoms with E-state index < -0.39 is 0 Å². The van der Waals surface area contributed by atoms with E-state index in [9.17, 15) is 0 Å². The van der Waals surface area contributed by atoms with Gasteiger partial charge in [0.1, 0.15) is 0 Å². The number of benzene rings is 2. The normalized spacial score (nSPS) is 10.4. The summed E-state index contributed by atoms with van der Waals surface area (Å²) >= 11 is 0. The van der Waals surface area contributed by atoms with Gasteiger partial charge >= 0.3 is 0 Å². The van der Waals surface area contributed by atoms with E-state index in [1.807, 2.05) is 37.3 Å². The van der Waals surface area contributed by atoms with Crippen LogP contribution in [-0.4, -0.2) is 11.4 Å². The Hall–Kier alpha value is -2.60. The number of aryl methyl sites for hydroxylation is 1. The maximum absolute atomic E-state index is 8.75. The maximum atomic E-state index is 8.75. The molecule has 0 radical (unpaired) electrons. The van der Waals surface area contributed by atoms with Crippen LogP contribution in [0, 0.1) is 18.3 Å². The standard InChI is InChI=1S/C15H12N2O/c1-11-8-14(6-7-15(11)10-17-18)13-4-2-12(9-16)3-5-13/h2-8,10,18H,1H3/b17-10+. The summed E-state index contributed by atoms with van der Waals surface area (Å²) in [6, 6.07) is 15.4. The Labute approximate surface area is 106 Å². The van der Waals surface area contributed by atoms with Crippen LogP contribution in [0.1, 0.15) is 16.7 Å². The Bertz CT molecular complexity index is 622. The number of nitriles is 1. The van der Waals surface area contributed by atoms with Crippen LogP contribution >= 0.6 is 0 Å². The Morgan fingerprint density at radius 2 is 1.78 bits per heavy atom. The predicted molar refractivity (Wildman–Crippen MR) is 70.7 cm³/mol. The third-order valence-electron chi connectivity index (χ3n) is 2.81. The van der Waals surface area contributed by atoms with Crippen LogP contribution in [0.15, 0.2) is 47.6 Å². The third kappa shape index (κ3) is 2.38. The number of nitrogens with zero attached hydrogens (tertiary/aromatic N) is 2. The van der Waals surface area contributed by atoms with Crippen LogP contribution in [0.4, 0.5) is 0 Å². The first-order chi connectivity index (χ1) is 8.74. The van der Waals surface area contributed by atoms with Crippen molar-refractivity contribution < 1.29 is 5.21 Å². The fraction of sp³-hybridized carbons (Fsp3) is 0.0667. The Kier molecular flexibility index (Phi) is 3.40. The second-order valence-electron chi connectivity index (χ2n) is 4.01. The van der Waals surface area contributed by atoms with Crippen LogP contribution in [0.2, 0.25) is 0 Å². The number of hydrogen-bond acceptors (Lipinski definition) is 3. The molecule has 3 nitrogen and oxygen atoms in total. The lowest BCUT2D eigenvalue weighted by Gasteiger charge is -2.05. The van der Waals surface area contributed by atoms with Gasteiger partial charge in [0.2, 0.25) is 0 Å². The van der Waals surface area contributed by atoms with E-state index in [0.29, 0.717) is 5.56 Å². The third-order valence-corrected chi connectivity index (χ3v) is 2.81. The van der Waals surface area contributed by atoms with Crippen LogP contribution in [0.25, 0.3) is 11.1 Å². The Balaban J connectivity index is 2.39. The molecule has 0 atom stereocenters. The first-order valence-corrected chi connectivity index (χ1v) is 5.53. The highest BCUT2D eigenvalue weighted by Crippen LogP contribution is 2.22. The average molecular weight is 236 g/mol.